The maximum atomic E-state index is 11.7. The average molecular weight is 249 g/mol. The van der Waals surface area contributed by atoms with E-state index in [9.17, 15) is 9.59 Å². The van der Waals surface area contributed by atoms with Crippen molar-refractivity contribution in [2.75, 3.05) is 5.32 Å². The first-order valence-electron chi connectivity index (χ1n) is 5.82. The van der Waals surface area contributed by atoms with Gasteiger partial charge in [-0.1, -0.05) is 0 Å². The van der Waals surface area contributed by atoms with Crippen molar-refractivity contribution in [2.45, 2.75) is 31.8 Å². The molecule has 1 aliphatic rings. The fourth-order valence-electron chi connectivity index (χ4n) is 1.48. The van der Waals surface area contributed by atoms with Gasteiger partial charge < -0.3 is 15.7 Å². The van der Waals surface area contributed by atoms with Crippen molar-refractivity contribution in [3.63, 3.8) is 0 Å². The molecule has 0 bridgehead atoms. The molecule has 96 valence electrons. The lowest BCUT2D eigenvalue weighted by molar-refractivity contribution is -0.121. The number of amides is 1. The van der Waals surface area contributed by atoms with E-state index in [4.69, 9.17) is 5.11 Å². The van der Waals surface area contributed by atoms with Crippen LogP contribution in [-0.2, 0) is 4.79 Å². The highest BCUT2D eigenvalue weighted by Crippen LogP contribution is 2.19. The number of rotatable bonds is 5. The summed E-state index contributed by atoms with van der Waals surface area (Å²) in [5, 5.41) is 14.6. The Morgan fingerprint density at radius 1 is 1.50 bits per heavy atom. The van der Waals surface area contributed by atoms with Gasteiger partial charge in [0.1, 0.15) is 11.9 Å². The molecule has 1 amide bonds. The van der Waals surface area contributed by atoms with Crippen LogP contribution in [0.4, 0.5) is 5.82 Å². The standard InChI is InChI=1S/C12H15N3O3/c1-7(11(16)15-9-2-3-9)14-10-6-8(12(17)18)4-5-13-10/h4-7,9H,2-3H2,1H3,(H,13,14)(H,15,16)(H,17,18). The number of nitrogens with zero attached hydrogens (tertiary/aromatic N) is 1. The molecule has 2 rings (SSSR count). The average Bonchev–Trinajstić information content (AvgIpc) is 3.13. The number of carboxylic acid groups (broad SMARTS) is 1. The highest BCUT2D eigenvalue weighted by atomic mass is 16.4. The van der Waals surface area contributed by atoms with Crippen molar-refractivity contribution in [1.29, 1.82) is 0 Å². The smallest absolute Gasteiger partial charge is 0.335 e. The van der Waals surface area contributed by atoms with Gasteiger partial charge in [-0.05, 0) is 31.9 Å². The largest absolute Gasteiger partial charge is 0.478 e. The van der Waals surface area contributed by atoms with Crippen molar-refractivity contribution >= 4 is 17.7 Å². The summed E-state index contributed by atoms with van der Waals surface area (Å²) < 4.78 is 0. The van der Waals surface area contributed by atoms with Crippen LogP contribution >= 0.6 is 0 Å². The van der Waals surface area contributed by atoms with Crippen LogP contribution in [0.3, 0.4) is 0 Å². The summed E-state index contributed by atoms with van der Waals surface area (Å²) >= 11 is 0. The Hall–Kier alpha value is -2.11. The van der Waals surface area contributed by atoms with Gasteiger partial charge in [-0.25, -0.2) is 9.78 Å². The summed E-state index contributed by atoms with van der Waals surface area (Å²) in [5.41, 5.74) is 0.141. The van der Waals surface area contributed by atoms with E-state index in [1.165, 1.54) is 18.3 Å². The topological polar surface area (TPSA) is 91.3 Å². The molecular weight excluding hydrogens is 234 g/mol. The molecule has 0 spiro atoms. The maximum absolute atomic E-state index is 11.7. The molecule has 0 aliphatic heterocycles. The van der Waals surface area contributed by atoms with Gasteiger partial charge in [0.05, 0.1) is 5.56 Å². The van der Waals surface area contributed by atoms with Crippen LogP contribution in [0.1, 0.15) is 30.1 Å². The Kier molecular flexibility index (Phi) is 3.45. The number of aromatic carboxylic acids is 1. The van der Waals surface area contributed by atoms with E-state index in [2.05, 4.69) is 15.6 Å². The molecule has 6 nitrogen and oxygen atoms in total. The lowest BCUT2D eigenvalue weighted by Crippen LogP contribution is -2.38. The van der Waals surface area contributed by atoms with Crippen molar-refractivity contribution in [1.82, 2.24) is 10.3 Å². The first-order valence-corrected chi connectivity index (χ1v) is 5.82. The van der Waals surface area contributed by atoms with Crippen LogP contribution in [0, 0.1) is 0 Å². The van der Waals surface area contributed by atoms with E-state index >= 15 is 0 Å². The Bertz CT molecular complexity index is 471. The number of hydrogen-bond acceptors (Lipinski definition) is 4. The summed E-state index contributed by atoms with van der Waals surface area (Å²) in [4.78, 5) is 26.5. The molecule has 1 aromatic rings. The molecule has 0 aromatic carbocycles. The second-order valence-electron chi connectivity index (χ2n) is 4.38. The molecule has 1 atom stereocenters. The molecule has 1 aromatic heterocycles. The van der Waals surface area contributed by atoms with Gasteiger partial charge >= 0.3 is 5.97 Å². The second kappa shape index (κ2) is 5.03. The SMILES string of the molecule is CC(Nc1cc(C(=O)O)ccn1)C(=O)NC1CC1. The molecule has 6 heteroatoms. The lowest BCUT2D eigenvalue weighted by atomic mass is 10.2. The van der Waals surface area contributed by atoms with E-state index in [1.54, 1.807) is 6.92 Å². The molecule has 0 saturated heterocycles. The fraction of sp³-hybridized carbons (Fsp3) is 0.417. The van der Waals surface area contributed by atoms with E-state index in [0.29, 0.717) is 11.9 Å². The predicted molar refractivity (Wildman–Crippen MR) is 65.4 cm³/mol. The van der Waals surface area contributed by atoms with Crippen LogP contribution in [0.25, 0.3) is 0 Å². The molecular formula is C12H15N3O3. The third kappa shape index (κ3) is 3.19. The highest BCUT2D eigenvalue weighted by Gasteiger charge is 2.25. The summed E-state index contributed by atoms with van der Waals surface area (Å²) in [6.45, 7) is 1.72. The van der Waals surface area contributed by atoms with Gasteiger partial charge in [0, 0.05) is 12.2 Å². The normalized spacial score (nSPS) is 15.8. The van der Waals surface area contributed by atoms with Crippen molar-refractivity contribution in [3.8, 4) is 0 Å². The zero-order valence-electron chi connectivity index (χ0n) is 10.0. The summed E-state index contributed by atoms with van der Waals surface area (Å²) in [6, 6.07) is 2.67. The highest BCUT2D eigenvalue weighted by molar-refractivity contribution is 5.89. The number of nitrogens with one attached hydrogen (secondary N) is 2. The number of pyridine rings is 1. The monoisotopic (exact) mass is 249 g/mol. The third-order valence-corrected chi connectivity index (χ3v) is 2.69. The van der Waals surface area contributed by atoms with Gasteiger partial charge in [-0.2, -0.15) is 0 Å². The Morgan fingerprint density at radius 2 is 2.22 bits per heavy atom. The van der Waals surface area contributed by atoms with Gasteiger partial charge in [0.2, 0.25) is 5.91 Å². The Labute approximate surface area is 104 Å². The minimum atomic E-state index is -1.02. The minimum Gasteiger partial charge on any atom is -0.478 e. The number of carboxylic acids is 1. The molecule has 3 N–H and O–H groups in total. The molecule has 1 saturated carbocycles. The van der Waals surface area contributed by atoms with Gasteiger partial charge in [-0.15, -0.1) is 0 Å². The van der Waals surface area contributed by atoms with Crippen LogP contribution in [0.15, 0.2) is 18.3 Å². The summed E-state index contributed by atoms with van der Waals surface area (Å²) in [7, 11) is 0. The van der Waals surface area contributed by atoms with E-state index in [-0.39, 0.29) is 11.5 Å². The summed E-state index contributed by atoms with van der Waals surface area (Å²) in [5.74, 6) is -0.732. The number of aromatic nitrogens is 1. The molecule has 1 heterocycles. The van der Waals surface area contributed by atoms with Gasteiger partial charge in [0.25, 0.3) is 0 Å². The minimum absolute atomic E-state index is 0.0972. The van der Waals surface area contributed by atoms with E-state index in [0.717, 1.165) is 12.8 Å². The molecule has 1 unspecified atom stereocenters. The van der Waals surface area contributed by atoms with E-state index < -0.39 is 12.0 Å². The fourth-order valence-corrected chi connectivity index (χ4v) is 1.48. The third-order valence-electron chi connectivity index (χ3n) is 2.69. The second-order valence-corrected chi connectivity index (χ2v) is 4.38. The Balaban J connectivity index is 1.96. The molecule has 1 fully saturated rings. The number of carbonyl (C=O) groups excluding carboxylic acids is 1. The molecule has 18 heavy (non-hydrogen) atoms. The lowest BCUT2D eigenvalue weighted by Gasteiger charge is -2.14. The number of carbonyl (C=O) groups is 2. The van der Waals surface area contributed by atoms with E-state index in [1.807, 2.05) is 0 Å². The quantitative estimate of drug-likeness (QED) is 0.720. The zero-order chi connectivity index (χ0) is 13.1. The van der Waals surface area contributed by atoms with Crippen molar-refractivity contribution in [2.24, 2.45) is 0 Å². The molecule has 0 radical (unpaired) electrons. The van der Waals surface area contributed by atoms with Crippen molar-refractivity contribution in [3.05, 3.63) is 23.9 Å². The molecule has 1 aliphatic carbocycles. The van der Waals surface area contributed by atoms with Crippen molar-refractivity contribution < 1.29 is 14.7 Å². The van der Waals surface area contributed by atoms with Crippen LogP contribution in [0.2, 0.25) is 0 Å². The van der Waals surface area contributed by atoms with Gasteiger partial charge in [0.15, 0.2) is 0 Å². The first-order chi connectivity index (χ1) is 8.56. The maximum Gasteiger partial charge on any atom is 0.335 e. The van der Waals surface area contributed by atoms with Crippen LogP contribution in [-0.4, -0.2) is 34.1 Å². The zero-order valence-corrected chi connectivity index (χ0v) is 10.0. The van der Waals surface area contributed by atoms with Crippen LogP contribution < -0.4 is 10.6 Å². The summed E-state index contributed by atoms with van der Waals surface area (Å²) in [6.07, 6.45) is 3.47. The number of anilines is 1. The Morgan fingerprint density at radius 3 is 2.83 bits per heavy atom. The van der Waals surface area contributed by atoms with Gasteiger partial charge in [-0.3, -0.25) is 4.79 Å². The number of hydrogen-bond donors (Lipinski definition) is 3. The first kappa shape index (κ1) is 12.3. The van der Waals surface area contributed by atoms with Crippen LogP contribution in [0.5, 0.6) is 0 Å². The predicted octanol–water partition coefficient (Wildman–Crippen LogP) is 0.859.